The number of benzene rings is 1. The molecule has 1 aliphatic rings. The molecule has 1 aliphatic heterocycles. The van der Waals surface area contributed by atoms with Gasteiger partial charge in [0.05, 0.1) is 6.61 Å². The van der Waals surface area contributed by atoms with Crippen molar-refractivity contribution in [3.8, 4) is 5.75 Å². The molecule has 0 radical (unpaired) electrons. The van der Waals surface area contributed by atoms with Gasteiger partial charge in [-0.25, -0.2) is 5.01 Å². The van der Waals surface area contributed by atoms with Crippen LogP contribution in [0.15, 0.2) is 24.3 Å². The first-order chi connectivity index (χ1) is 10.3. The molecule has 1 fully saturated rings. The smallest absolute Gasteiger partial charge is 0.119 e. The van der Waals surface area contributed by atoms with Crippen molar-refractivity contribution in [3.63, 3.8) is 0 Å². The van der Waals surface area contributed by atoms with Crippen molar-refractivity contribution in [2.24, 2.45) is 0 Å². The van der Waals surface area contributed by atoms with Crippen molar-refractivity contribution in [2.75, 3.05) is 39.8 Å². The monoisotopic (exact) mass is 291 g/mol. The van der Waals surface area contributed by atoms with Crippen LogP contribution in [0.4, 0.5) is 0 Å². The Morgan fingerprint density at radius 1 is 1.05 bits per heavy atom. The highest BCUT2D eigenvalue weighted by atomic mass is 16.5. The third kappa shape index (κ3) is 6.04. The summed E-state index contributed by atoms with van der Waals surface area (Å²) in [6.45, 7) is 8.38. The van der Waals surface area contributed by atoms with Crippen LogP contribution in [0.3, 0.4) is 0 Å². The average Bonchev–Trinajstić information content (AvgIpc) is 2.52. The van der Waals surface area contributed by atoms with Crippen LogP contribution < -0.4 is 10.2 Å². The lowest BCUT2D eigenvalue weighted by molar-refractivity contribution is 0.102. The van der Waals surface area contributed by atoms with E-state index in [9.17, 15) is 0 Å². The Kier molecular flexibility index (Phi) is 7.00. The van der Waals surface area contributed by atoms with E-state index in [1.165, 1.54) is 18.4 Å². The summed E-state index contributed by atoms with van der Waals surface area (Å²) in [5.74, 6) is 0.981. The molecule has 2 rings (SSSR count). The molecule has 0 aliphatic carbocycles. The molecule has 0 aromatic heterocycles. The first-order valence-electron chi connectivity index (χ1n) is 8.16. The molecule has 0 bridgehead atoms. The minimum atomic E-state index is 0.826. The summed E-state index contributed by atoms with van der Waals surface area (Å²) < 4.78 is 5.73. The number of ether oxygens (including phenoxy) is 1. The van der Waals surface area contributed by atoms with Gasteiger partial charge in [0.2, 0.25) is 0 Å². The SMILES string of the molecule is CCCCCOc1ccc(CNN2CCN(C)CC2)cc1. The molecular weight excluding hydrogens is 262 g/mol. The van der Waals surface area contributed by atoms with Crippen LogP contribution in [-0.2, 0) is 6.54 Å². The van der Waals surface area contributed by atoms with Crippen LogP contribution in [0, 0.1) is 0 Å². The van der Waals surface area contributed by atoms with Gasteiger partial charge in [-0.05, 0) is 31.2 Å². The summed E-state index contributed by atoms with van der Waals surface area (Å²) in [7, 11) is 2.18. The molecular formula is C17H29N3O. The van der Waals surface area contributed by atoms with Crippen molar-refractivity contribution in [2.45, 2.75) is 32.7 Å². The maximum absolute atomic E-state index is 5.73. The van der Waals surface area contributed by atoms with Crippen molar-refractivity contribution in [1.29, 1.82) is 0 Å². The van der Waals surface area contributed by atoms with E-state index < -0.39 is 0 Å². The van der Waals surface area contributed by atoms with Gasteiger partial charge < -0.3 is 9.64 Å². The van der Waals surface area contributed by atoms with E-state index in [1.54, 1.807) is 0 Å². The standard InChI is InChI=1S/C17H29N3O/c1-3-4-5-14-21-17-8-6-16(7-9-17)15-18-20-12-10-19(2)11-13-20/h6-9,18H,3-5,10-15H2,1-2H3. The second-order valence-corrected chi connectivity index (χ2v) is 5.82. The molecule has 118 valence electrons. The van der Waals surface area contributed by atoms with E-state index in [-0.39, 0.29) is 0 Å². The molecule has 0 saturated carbocycles. The first-order valence-corrected chi connectivity index (χ1v) is 8.16. The van der Waals surface area contributed by atoms with Gasteiger partial charge in [0.1, 0.15) is 5.75 Å². The number of hydrazine groups is 1. The van der Waals surface area contributed by atoms with Crippen LogP contribution in [0.5, 0.6) is 5.75 Å². The highest BCUT2D eigenvalue weighted by Gasteiger charge is 2.12. The predicted octanol–water partition coefficient (Wildman–Crippen LogP) is 2.51. The maximum atomic E-state index is 5.73. The lowest BCUT2D eigenvalue weighted by atomic mass is 10.2. The van der Waals surface area contributed by atoms with Gasteiger partial charge in [-0.3, -0.25) is 5.43 Å². The van der Waals surface area contributed by atoms with Gasteiger partial charge in [0.15, 0.2) is 0 Å². The number of rotatable bonds is 8. The Balaban J connectivity index is 1.67. The van der Waals surface area contributed by atoms with E-state index in [2.05, 4.69) is 53.6 Å². The number of piperazine rings is 1. The fourth-order valence-corrected chi connectivity index (χ4v) is 2.41. The van der Waals surface area contributed by atoms with Crippen LogP contribution >= 0.6 is 0 Å². The summed E-state index contributed by atoms with van der Waals surface area (Å²) in [4.78, 5) is 2.36. The molecule has 4 heteroatoms. The summed E-state index contributed by atoms with van der Waals surface area (Å²) in [6.07, 6.45) is 3.62. The topological polar surface area (TPSA) is 27.7 Å². The van der Waals surface area contributed by atoms with E-state index >= 15 is 0 Å². The lowest BCUT2D eigenvalue weighted by Crippen LogP contribution is -2.50. The molecule has 21 heavy (non-hydrogen) atoms. The van der Waals surface area contributed by atoms with Gasteiger partial charge in [-0.2, -0.15) is 0 Å². The quantitative estimate of drug-likeness (QED) is 0.745. The maximum Gasteiger partial charge on any atom is 0.119 e. The van der Waals surface area contributed by atoms with Gasteiger partial charge in [-0.15, -0.1) is 0 Å². The van der Waals surface area contributed by atoms with Crippen LogP contribution in [0.1, 0.15) is 31.7 Å². The number of nitrogens with zero attached hydrogens (tertiary/aromatic N) is 2. The number of unbranched alkanes of at least 4 members (excludes halogenated alkanes) is 2. The normalized spacial score (nSPS) is 17.0. The molecule has 1 aromatic rings. The summed E-state index contributed by atoms with van der Waals surface area (Å²) in [5.41, 5.74) is 4.80. The molecule has 1 heterocycles. The number of likely N-dealkylation sites (N-methyl/N-ethyl adjacent to an activating group) is 1. The predicted molar refractivity (Wildman–Crippen MR) is 87.4 cm³/mol. The number of hydrogen-bond acceptors (Lipinski definition) is 4. The highest BCUT2D eigenvalue weighted by molar-refractivity contribution is 5.27. The van der Waals surface area contributed by atoms with Gasteiger partial charge in [0, 0.05) is 32.7 Å². The third-order valence-corrected chi connectivity index (χ3v) is 3.95. The Morgan fingerprint density at radius 3 is 2.43 bits per heavy atom. The summed E-state index contributed by atoms with van der Waals surface area (Å²) >= 11 is 0. The van der Waals surface area contributed by atoms with E-state index in [4.69, 9.17) is 4.74 Å². The zero-order chi connectivity index (χ0) is 14.9. The van der Waals surface area contributed by atoms with E-state index in [0.717, 1.165) is 51.5 Å². The minimum Gasteiger partial charge on any atom is -0.494 e. The molecule has 0 atom stereocenters. The number of hydrogen-bond donors (Lipinski definition) is 1. The summed E-state index contributed by atoms with van der Waals surface area (Å²) in [5, 5.41) is 2.31. The Hall–Kier alpha value is -1.10. The highest BCUT2D eigenvalue weighted by Crippen LogP contribution is 2.13. The molecule has 1 saturated heterocycles. The zero-order valence-electron chi connectivity index (χ0n) is 13.5. The molecule has 0 unspecified atom stereocenters. The van der Waals surface area contributed by atoms with Crippen molar-refractivity contribution < 1.29 is 4.74 Å². The summed E-state index contributed by atoms with van der Waals surface area (Å²) in [6, 6.07) is 8.45. The Morgan fingerprint density at radius 2 is 1.76 bits per heavy atom. The van der Waals surface area contributed by atoms with Crippen molar-refractivity contribution in [1.82, 2.24) is 15.3 Å². The molecule has 0 amide bonds. The van der Waals surface area contributed by atoms with Crippen LogP contribution in [-0.4, -0.2) is 49.7 Å². The second-order valence-electron chi connectivity index (χ2n) is 5.82. The molecule has 4 nitrogen and oxygen atoms in total. The Bertz CT molecular complexity index is 386. The van der Waals surface area contributed by atoms with E-state index in [0.29, 0.717) is 0 Å². The molecule has 1 N–H and O–H groups in total. The molecule has 0 spiro atoms. The van der Waals surface area contributed by atoms with Crippen LogP contribution in [0.25, 0.3) is 0 Å². The Labute approximate surface area is 129 Å². The van der Waals surface area contributed by atoms with Gasteiger partial charge in [0.25, 0.3) is 0 Å². The zero-order valence-corrected chi connectivity index (χ0v) is 13.5. The van der Waals surface area contributed by atoms with Crippen molar-refractivity contribution >= 4 is 0 Å². The van der Waals surface area contributed by atoms with Gasteiger partial charge >= 0.3 is 0 Å². The van der Waals surface area contributed by atoms with Gasteiger partial charge in [-0.1, -0.05) is 31.9 Å². The average molecular weight is 291 g/mol. The van der Waals surface area contributed by atoms with Crippen LogP contribution in [0.2, 0.25) is 0 Å². The first kappa shape index (κ1) is 16.3. The fraction of sp³-hybridized carbons (Fsp3) is 0.647. The molecule has 1 aromatic carbocycles. The second kappa shape index (κ2) is 9.03. The third-order valence-electron chi connectivity index (χ3n) is 3.95. The minimum absolute atomic E-state index is 0.826. The largest absolute Gasteiger partial charge is 0.494 e. The number of nitrogens with one attached hydrogen (secondary N) is 1. The fourth-order valence-electron chi connectivity index (χ4n) is 2.41. The lowest BCUT2D eigenvalue weighted by Gasteiger charge is -2.32. The van der Waals surface area contributed by atoms with E-state index in [1.807, 2.05) is 0 Å². The van der Waals surface area contributed by atoms with Crippen molar-refractivity contribution in [3.05, 3.63) is 29.8 Å².